The van der Waals surface area contributed by atoms with Crippen LogP contribution in [0.4, 0.5) is 0 Å². The number of thiophene rings is 1. The van der Waals surface area contributed by atoms with Gasteiger partial charge in [0.25, 0.3) is 5.91 Å². The van der Waals surface area contributed by atoms with Gasteiger partial charge in [0, 0.05) is 6.54 Å². The Labute approximate surface area is 155 Å². The first-order valence-corrected chi connectivity index (χ1v) is 8.80. The molecule has 1 aromatic carbocycles. The third-order valence-electron chi connectivity index (χ3n) is 3.32. The van der Waals surface area contributed by atoms with E-state index < -0.39 is 11.9 Å². The second-order valence-electron chi connectivity index (χ2n) is 5.20. The molecular weight excluding hydrogens is 352 g/mol. The van der Waals surface area contributed by atoms with Crippen LogP contribution in [0.3, 0.4) is 0 Å². The lowest BCUT2D eigenvalue weighted by Gasteiger charge is -2.09. The van der Waals surface area contributed by atoms with Crippen LogP contribution < -0.4 is 14.8 Å². The normalized spacial score (nSPS) is 10.7. The first-order chi connectivity index (χ1) is 12.6. The van der Waals surface area contributed by atoms with E-state index in [1.165, 1.54) is 24.5 Å². The number of amides is 1. The SMILES string of the molecule is CCCNC(=O)/C(C#N)=C/c1ccc(OC(=O)c2cccs2)c(OC)c1. The fourth-order valence-corrected chi connectivity index (χ4v) is 2.65. The summed E-state index contributed by atoms with van der Waals surface area (Å²) in [6.45, 7) is 2.43. The minimum atomic E-state index is -0.474. The molecule has 0 fully saturated rings. The number of esters is 1. The lowest BCUT2D eigenvalue weighted by atomic mass is 10.1. The number of carbonyl (C=O) groups is 2. The highest BCUT2D eigenvalue weighted by Gasteiger charge is 2.14. The summed E-state index contributed by atoms with van der Waals surface area (Å²) >= 11 is 1.28. The predicted octanol–water partition coefficient (Wildman–Crippen LogP) is 3.41. The molecule has 6 nitrogen and oxygen atoms in total. The van der Waals surface area contributed by atoms with Crippen LogP contribution >= 0.6 is 11.3 Å². The van der Waals surface area contributed by atoms with Gasteiger partial charge in [-0.1, -0.05) is 19.1 Å². The molecule has 1 amide bonds. The average Bonchev–Trinajstić information content (AvgIpc) is 3.19. The number of benzene rings is 1. The zero-order chi connectivity index (χ0) is 18.9. The van der Waals surface area contributed by atoms with Crippen LogP contribution in [0.5, 0.6) is 11.5 Å². The van der Waals surface area contributed by atoms with E-state index in [1.807, 2.05) is 13.0 Å². The second kappa shape index (κ2) is 9.39. The Morgan fingerprint density at radius 3 is 2.73 bits per heavy atom. The summed E-state index contributed by atoms with van der Waals surface area (Å²) in [5.74, 6) is -0.313. The van der Waals surface area contributed by atoms with Crippen molar-refractivity contribution in [1.82, 2.24) is 5.32 Å². The van der Waals surface area contributed by atoms with E-state index in [2.05, 4.69) is 5.32 Å². The molecule has 0 aliphatic carbocycles. The molecule has 1 aromatic heterocycles. The molecule has 0 radical (unpaired) electrons. The van der Waals surface area contributed by atoms with Crippen molar-refractivity contribution in [3.63, 3.8) is 0 Å². The van der Waals surface area contributed by atoms with Gasteiger partial charge < -0.3 is 14.8 Å². The van der Waals surface area contributed by atoms with Crippen LogP contribution in [0, 0.1) is 11.3 Å². The van der Waals surface area contributed by atoms with Crippen molar-refractivity contribution in [2.75, 3.05) is 13.7 Å². The van der Waals surface area contributed by atoms with E-state index in [-0.39, 0.29) is 11.3 Å². The zero-order valence-electron chi connectivity index (χ0n) is 14.4. The quantitative estimate of drug-likeness (QED) is 0.349. The maximum Gasteiger partial charge on any atom is 0.353 e. The molecule has 2 aromatic rings. The summed E-state index contributed by atoms with van der Waals surface area (Å²) in [7, 11) is 1.45. The standard InChI is InChI=1S/C19H18N2O4S/c1-3-8-21-18(22)14(12-20)10-13-6-7-15(16(11-13)24-2)25-19(23)17-5-4-9-26-17/h4-7,9-11H,3,8H2,1-2H3,(H,21,22)/b14-10+. The van der Waals surface area contributed by atoms with Crippen LogP contribution in [-0.4, -0.2) is 25.5 Å². The van der Waals surface area contributed by atoms with Crippen LogP contribution in [0.2, 0.25) is 0 Å². The van der Waals surface area contributed by atoms with Gasteiger partial charge in [0.05, 0.1) is 7.11 Å². The van der Waals surface area contributed by atoms with Gasteiger partial charge in [-0.3, -0.25) is 4.79 Å². The smallest absolute Gasteiger partial charge is 0.353 e. The maximum atomic E-state index is 12.1. The topological polar surface area (TPSA) is 88.4 Å². The van der Waals surface area contributed by atoms with Crippen molar-refractivity contribution >= 4 is 29.3 Å². The van der Waals surface area contributed by atoms with Gasteiger partial charge in [-0.2, -0.15) is 5.26 Å². The Balaban J connectivity index is 2.22. The highest BCUT2D eigenvalue weighted by atomic mass is 32.1. The molecule has 0 aliphatic rings. The van der Waals surface area contributed by atoms with Crippen molar-refractivity contribution < 1.29 is 19.1 Å². The Hall–Kier alpha value is -3.11. The van der Waals surface area contributed by atoms with Crippen LogP contribution in [0.15, 0.2) is 41.3 Å². The highest BCUT2D eigenvalue weighted by Crippen LogP contribution is 2.30. The molecule has 0 unspecified atom stereocenters. The summed E-state index contributed by atoms with van der Waals surface area (Å²) in [4.78, 5) is 24.5. The van der Waals surface area contributed by atoms with E-state index in [0.717, 1.165) is 6.42 Å². The predicted molar refractivity (Wildman–Crippen MR) is 99.2 cm³/mol. The Kier molecular flexibility index (Phi) is 6.94. The number of carbonyl (C=O) groups excluding carboxylic acids is 2. The molecular formula is C19H18N2O4S. The molecule has 7 heteroatoms. The van der Waals surface area contributed by atoms with E-state index in [0.29, 0.717) is 22.7 Å². The van der Waals surface area contributed by atoms with Crippen molar-refractivity contribution in [2.45, 2.75) is 13.3 Å². The number of hydrogen-bond acceptors (Lipinski definition) is 6. The fourth-order valence-electron chi connectivity index (χ4n) is 2.05. The first-order valence-electron chi connectivity index (χ1n) is 7.92. The van der Waals surface area contributed by atoms with Crippen LogP contribution in [-0.2, 0) is 4.79 Å². The van der Waals surface area contributed by atoms with Gasteiger partial charge in [0.1, 0.15) is 16.5 Å². The van der Waals surface area contributed by atoms with E-state index in [9.17, 15) is 14.9 Å². The Bertz CT molecular complexity index is 851. The summed E-state index contributed by atoms with van der Waals surface area (Å²) in [5, 5.41) is 13.6. The van der Waals surface area contributed by atoms with Gasteiger partial charge in [0.15, 0.2) is 11.5 Å². The number of hydrogen-bond donors (Lipinski definition) is 1. The van der Waals surface area contributed by atoms with E-state index in [4.69, 9.17) is 9.47 Å². The average molecular weight is 370 g/mol. The van der Waals surface area contributed by atoms with Gasteiger partial charge in [-0.05, 0) is 41.6 Å². The van der Waals surface area contributed by atoms with E-state index >= 15 is 0 Å². The van der Waals surface area contributed by atoms with Gasteiger partial charge in [-0.15, -0.1) is 11.3 Å². The number of ether oxygens (including phenoxy) is 2. The zero-order valence-corrected chi connectivity index (χ0v) is 15.3. The summed E-state index contributed by atoms with van der Waals surface area (Å²) in [5.41, 5.74) is 0.574. The maximum absolute atomic E-state index is 12.1. The summed E-state index contributed by atoms with van der Waals surface area (Å²) in [6, 6.07) is 10.1. The summed E-state index contributed by atoms with van der Waals surface area (Å²) in [6.07, 6.45) is 2.24. The van der Waals surface area contributed by atoms with Gasteiger partial charge in [-0.25, -0.2) is 4.79 Å². The van der Waals surface area contributed by atoms with Crippen molar-refractivity contribution in [1.29, 1.82) is 5.26 Å². The molecule has 0 atom stereocenters. The monoisotopic (exact) mass is 370 g/mol. The summed E-state index contributed by atoms with van der Waals surface area (Å²) < 4.78 is 10.6. The van der Waals surface area contributed by atoms with Crippen LogP contribution in [0.25, 0.3) is 6.08 Å². The van der Waals surface area contributed by atoms with Crippen molar-refractivity contribution in [2.24, 2.45) is 0 Å². The molecule has 0 bridgehead atoms. The molecule has 26 heavy (non-hydrogen) atoms. The van der Waals surface area contributed by atoms with E-state index in [1.54, 1.807) is 35.7 Å². The molecule has 2 rings (SSSR count). The second-order valence-corrected chi connectivity index (χ2v) is 6.15. The van der Waals surface area contributed by atoms with Crippen molar-refractivity contribution in [3.05, 3.63) is 51.7 Å². The highest BCUT2D eigenvalue weighted by molar-refractivity contribution is 7.12. The molecule has 0 saturated carbocycles. The first kappa shape index (κ1) is 19.2. The third-order valence-corrected chi connectivity index (χ3v) is 4.17. The minimum Gasteiger partial charge on any atom is -0.493 e. The molecule has 0 aliphatic heterocycles. The van der Waals surface area contributed by atoms with Gasteiger partial charge >= 0.3 is 5.97 Å². The number of nitrogens with zero attached hydrogens (tertiary/aromatic N) is 1. The molecule has 1 heterocycles. The molecule has 0 spiro atoms. The Morgan fingerprint density at radius 2 is 2.12 bits per heavy atom. The number of methoxy groups -OCH3 is 1. The largest absolute Gasteiger partial charge is 0.493 e. The molecule has 1 N–H and O–H groups in total. The number of nitrogens with one attached hydrogen (secondary N) is 1. The van der Waals surface area contributed by atoms with Crippen LogP contribution in [0.1, 0.15) is 28.6 Å². The number of rotatable bonds is 7. The fraction of sp³-hybridized carbons (Fsp3) is 0.211. The molecule has 0 saturated heterocycles. The lowest BCUT2D eigenvalue weighted by Crippen LogP contribution is -2.25. The Morgan fingerprint density at radius 1 is 1.31 bits per heavy atom. The minimum absolute atomic E-state index is 0.0103. The number of nitriles is 1. The lowest BCUT2D eigenvalue weighted by molar-refractivity contribution is -0.117. The third kappa shape index (κ3) is 4.94. The molecule has 134 valence electrons. The van der Waals surface area contributed by atoms with Gasteiger partial charge in [0.2, 0.25) is 0 Å². The van der Waals surface area contributed by atoms with Crippen molar-refractivity contribution in [3.8, 4) is 17.6 Å².